The van der Waals surface area contributed by atoms with Crippen molar-refractivity contribution in [1.82, 2.24) is 0 Å². The van der Waals surface area contributed by atoms with Gasteiger partial charge in [-0.1, -0.05) is 48.5 Å². The highest BCUT2D eigenvalue weighted by atomic mass is 127. The van der Waals surface area contributed by atoms with Crippen molar-refractivity contribution in [3.63, 3.8) is 0 Å². The number of carbonyl (C=O) groups excluding carboxylic acids is 1. The fraction of sp³-hybridized carbons (Fsp3) is 0.0741. The number of hydrogen-bond acceptors (Lipinski definition) is 3. The Kier molecular flexibility index (Phi) is 7.33. The van der Waals surface area contributed by atoms with E-state index in [2.05, 4.69) is 27.9 Å². The van der Waals surface area contributed by atoms with Crippen LogP contribution in [-0.4, -0.2) is 14.3 Å². The third kappa shape index (κ3) is 5.48. The Bertz CT molecular complexity index is 1390. The fourth-order valence-corrected chi connectivity index (χ4v) is 5.64. The summed E-state index contributed by atoms with van der Waals surface area (Å²) in [5.41, 5.74) is 3.59. The second kappa shape index (κ2) is 10.4. The van der Waals surface area contributed by atoms with Crippen LogP contribution in [0, 0.1) is 10.5 Å². The first-order chi connectivity index (χ1) is 16.3. The Balaban J connectivity index is 1.57. The molecular formula is C27H23IN2O3S. The Morgan fingerprint density at radius 3 is 2.09 bits per heavy atom. The quantitative estimate of drug-likeness (QED) is 0.262. The van der Waals surface area contributed by atoms with Gasteiger partial charge in [-0.15, -0.1) is 0 Å². The molecule has 0 aliphatic heterocycles. The summed E-state index contributed by atoms with van der Waals surface area (Å²) < 4.78 is 29.3. The number of benzene rings is 4. The van der Waals surface area contributed by atoms with E-state index in [1.165, 1.54) is 4.31 Å². The molecule has 0 bridgehead atoms. The molecule has 0 radical (unpaired) electrons. The van der Waals surface area contributed by atoms with Crippen LogP contribution in [-0.2, 0) is 16.6 Å². The normalized spacial score (nSPS) is 11.1. The summed E-state index contributed by atoms with van der Waals surface area (Å²) in [6, 6.07) is 30.2. The van der Waals surface area contributed by atoms with Gasteiger partial charge in [0.05, 0.1) is 17.1 Å². The first-order valence-corrected chi connectivity index (χ1v) is 13.2. The molecular weight excluding hydrogens is 559 g/mol. The number of nitrogens with zero attached hydrogens (tertiary/aromatic N) is 1. The monoisotopic (exact) mass is 582 g/mol. The molecule has 0 aromatic heterocycles. The molecule has 0 atom stereocenters. The van der Waals surface area contributed by atoms with Crippen LogP contribution >= 0.6 is 22.6 Å². The summed E-state index contributed by atoms with van der Waals surface area (Å²) in [4.78, 5) is 13.0. The molecule has 0 fully saturated rings. The average Bonchev–Trinajstić information content (AvgIpc) is 2.85. The van der Waals surface area contributed by atoms with E-state index in [1.54, 1.807) is 66.7 Å². The zero-order valence-corrected chi connectivity index (χ0v) is 21.5. The molecule has 0 aliphatic rings. The number of hydrogen-bond donors (Lipinski definition) is 1. The van der Waals surface area contributed by atoms with Gasteiger partial charge >= 0.3 is 0 Å². The second-order valence-electron chi connectivity index (χ2n) is 7.77. The first kappa shape index (κ1) is 24.0. The third-order valence-electron chi connectivity index (χ3n) is 5.35. The van der Waals surface area contributed by atoms with Crippen LogP contribution in [0.4, 0.5) is 11.4 Å². The largest absolute Gasteiger partial charge is 0.322 e. The fourth-order valence-electron chi connectivity index (χ4n) is 3.52. The minimum absolute atomic E-state index is 0.138. The molecule has 1 N–H and O–H groups in total. The summed E-state index contributed by atoms with van der Waals surface area (Å²) in [6.07, 6.45) is 0. The lowest BCUT2D eigenvalue weighted by atomic mass is 10.1. The van der Waals surface area contributed by atoms with Gasteiger partial charge in [0.25, 0.3) is 15.9 Å². The highest BCUT2D eigenvalue weighted by Crippen LogP contribution is 2.26. The number of rotatable bonds is 7. The van der Waals surface area contributed by atoms with Crippen molar-refractivity contribution in [2.75, 3.05) is 9.62 Å². The van der Waals surface area contributed by atoms with E-state index in [0.717, 1.165) is 20.4 Å². The van der Waals surface area contributed by atoms with Gasteiger partial charge in [-0.3, -0.25) is 9.10 Å². The van der Waals surface area contributed by atoms with E-state index in [1.807, 2.05) is 43.3 Å². The Labute approximate surface area is 213 Å². The topological polar surface area (TPSA) is 66.5 Å². The number of nitrogens with one attached hydrogen (secondary N) is 1. The molecule has 0 saturated heterocycles. The number of halogens is 1. The zero-order chi connectivity index (χ0) is 24.1. The van der Waals surface area contributed by atoms with Crippen LogP contribution < -0.4 is 9.62 Å². The molecule has 7 heteroatoms. The van der Waals surface area contributed by atoms with Gasteiger partial charge in [0, 0.05) is 14.8 Å². The van der Waals surface area contributed by atoms with E-state index in [0.29, 0.717) is 11.3 Å². The predicted molar refractivity (Wildman–Crippen MR) is 145 cm³/mol. The van der Waals surface area contributed by atoms with Crippen molar-refractivity contribution in [1.29, 1.82) is 0 Å². The van der Waals surface area contributed by atoms with Crippen molar-refractivity contribution in [2.24, 2.45) is 0 Å². The molecule has 0 saturated carbocycles. The molecule has 4 aromatic rings. The predicted octanol–water partition coefficient (Wildman–Crippen LogP) is 6.25. The highest BCUT2D eigenvalue weighted by Gasteiger charge is 2.25. The average molecular weight is 582 g/mol. The molecule has 172 valence electrons. The lowest BCUT2D eigenvalue weighted by Crippen LogP contribution is -2.30. The van der Waals surface area contributed by atoms with Crippen molar-refractivity contribution in [3.8, 4) is 0 Å². The number of aryl methyl sites for hydroxylation is 1. The van der Waals surface area contributed by atoms with Crippen LogP contribution in [0.2, 0.25) is 0 Å². The number of anilines is 2. The zero-order valence-electron chi connectivity index (χ0n) is 18.5. The van der Waals surface area contributed by atoms with Gasteiger partial charge < -0.3 is 5.32 Å². The van der Waals surface area contributed by atoms with Gasteiger partial charge in [0.1, 0.15) is 0 Å². The molecule has 0 aliphatic carbocycles. The number of amides is 1. The SMILES string of the molecule is Cc1cc(I)ccc1NC(=O)c1ccc(CN(c2ccccc2)S(=O)(=O)c2ccccc2)cc1. The van der Waals surface area contributed by atoms with E-state index < -0.39 is 10.0 Å². The summed E-state index contributed by atoms with van der Waals surface area (Å²) in [5, 5.41) is 2.94. The van der Waals surface area contributed by atoms with Crippen molar-refractivity contribution in [2.45, 2.75) is 18.4 Å². The lowest BCUT2D eigenvalue weighted by molar-refractivity contribution is 0.102. The van der Waals surface area contributed by atoms with Crippen LogP contribution in [0.5, 0.6) is 0 Å². The number of sulfonamides is 1. The molecule has 4 rings (SSSR count). The van der Waals surface area contributed by atoms with Gasteiger partial charge in [-0.05, 0) is 95.2 Å². The second-order valence-corrected chi connectivity index (χ2v) is 10.9. The third-order valence-corrected chi connectivity index (χ3v) is 7.81. The maximum absolute atomic E-state index is 13.4. The standard InChI is InChI=1S/C27H23IN2O3S/c1-20-18-23(28)16-17-26(20)29-27(31)22-14-12-21(13-15-22)19-30(24-8-4-2-5-9-24)34(32,33)25-10-6-3-7-11-25/h2-18H,19H2,1H3,(H,29,31). The summed E-state index contributed by atoms with van der Waals surface area (Å²) in [7, 11) is -3.77. The van der Waals surface area contributed by atoms with Crippen LogP contribution in [0.25, 0.3) is 0 Å². The summed E-state index contributed by atoms with van der Waals surface area (Å²) >= 11 is 2.23. The maximum Gasteiger partial charge on any atom is 0.264 e. The minimum atomic E-state index is -3.77. The van der Waals surface area contributed by atoms with Gasteiger partial charge in [-0.25, -0.2) is 8.42 Å². The Hall–Kier alpha value is -3.17. The minimum Gasteiger partial charge on any atom is -0.322 e. The molecule has 4 aromatic carbocycles. The van der Waals surface area contributed by atoms with Gasteiger partial charge in [0.2, 0.25) is 0 Å². The van der Waals surface area contributed by atoms with Crippen LogP contribution in [0.1, 0.15) is 21.5 Å². The summed E-state index contributed by atoms with van der Waals surface area (Å²) in [5.74, 6) is -0.215. The molecule has 34 heavy (non-hydrogen) atoms. The maximum atomic E-state index is 13.4. The van der Waals surface area contributed by atoms with E-state index in [9.17, 15) is 13.2 Å². The molecule has 1 amide bonds. The van der Waals surface area contributed by atoms with Gasteiger partial charge in [0.15, 0.2) is 0 Å². The van der Waals surface area contributed by atoms with E-state index >= 15 is 0 Å². The van der Waals surface area contributed by atoms with Gasteiger partial charge in [-0.2, -0.15) is 0 Å². The number of para-hydroxylation sites is 1. The highest BCUT2D eigenvalue weighted by molar-refractivity contribution is 14.1. The summed E-state index contributed by atoms with van der Waals surface area (Å²) in [6.45, 7) is 2.09. The lowest BCUT2D eigenvalue weighted by Gasteiger charge is -2.25. The Morgan fingerprint density at radius 1 is 0.853 bits per heavy atom. The molecule has 0 unspecified atom stereocenters. The first-order valence-electron chi connectivity index (χ1n) is 10.6. The molecule has 5 nitrogen and oxygen atoms in total. The van der Waals surface area contributed by atoms with Crippen molar-refractivity contribution < 1.29 is 13.2 Å². The smallest absolute Gasteiger partial charge is 0.264 e. The Morgan fingerprint density at radius 2 is 1.47 bits per heavy atom. The molecule has 0 spiro atoms. The van der Waals surface area contributed by atoms with Crippen molar-refractivity contribution >= 4 is 49.9 Å². The number of carbonyl (C=O) groups is 1. The van der Waals surface area contributed by atoms with Crippen LogP contribution in [0.15, 0.2) is 108 Å². The van der Waals surface area contributed by atoms with Crippen LogP contribution in [0.3, 0.4) is 0 Å². The molecule has 0 heterocycles. The van der Waals surface area contributed by atoms with Crippen molar-refractivity contribution in [3.05, 3.63) is 123 Å². The van der Waals surface area contributed by atoms with E-state index in [-0.39, 0.29) is 17.3 Å². The van der Waals surface area contributed by atoms with E-state index in [4.69, 9.17) is 0 Å².